The Morgan fingerprint density at radius 3 is 2.21 bits per heavy atom. The highest BCUT2D eigenvalue weighted by Crippen LogP contribution is 2.30. The summed E-state index contributed by atoms with van der Waals surface area (Å²) in [5, 5.41) is 0.747. The number of carbonyl (C=O) groups is 1. The van der Waals surface area contributed by atoms with Crippen LogP contribution in [-0.4, -0.2) is 39.1 Å². The minimum atomic E-state index is -3.73. The molecule has 0 heterocycles. The maximum absolute atomic E-state index is 13.1. The van der Waals surface area contributed by atoms with Crippen LogP contribution >= 0.6 is 23.2 Å². The van der Waals surface area contributed by atoms with Gasteiger partial charge in [-0.05, 0) is 41.8 Å². The normalized spacial score (nSPS) is 11.4. The smallest absolute Gasteiger partial charge is 0.306 e. The van der Waals surface area contributed by atoms with Gasteiger partial charge in [0.15, 0.2) is 11.5 Å². The number of amides is 1. The number of ether oxygens (including phenoxy) is 1. The average molecular weight is 460 g/mol. The number of halogens is 2. The molecular weight excluding hydrogens is 437 g/mol. The van der Waals surface area contributed by atoms with Crippen LogP contribution in [0.5, 0.6) is 11.5 Å². The van der Waals surface area contributed by atoms with Crippen molar-refractivity contribution >= 4 is 39.2 Å². The van der Waals surface area contributed by atoms with Crippen molar-refractivity contribution in [2.45, 2.75) is 20.4 Å². The van der Waals surface area contributed by atoms with Gasteiger partial charge in [0.05, 0.1) is 13.4 Å². The molecule has 29 heavy (non-hydrogen) atoms. The number of nitrogens with zero attached hydrogens (tertiary/aromatic N) is 1. The van der Waals surface area contributed by atoms with Crippen LogP contribution in [0.25, 0.3) is 0 Å². The first-order valence-electron chi connectivity index (χ1n) is 8.80. The van der Waals surface area contributed by atoms with Gasteiger partial charge in [-0.1, -0.05) is 43.1 Å². The third-order valence-electron chi connectivity index (χ3n) is 3.82. The van der Waals surface area contributed by atoms with E-state index in [0.29, 0.717) is 27.7 Å². The average Bonchev–Trinajstić information content (AvgIpc) is 2.58. The summed E-state index contributed by atoms with van der Waals surface area (Å²) in [4.78, 5) is 14.7. The van der Waals surface area contributed by atoms with Gasteiger partial charge in [-0.3, -0.25) is 4.79 Å². The summed E-state index contributed by atoms with van der Waals surface area (Å²) in [7, 11) is -2.31. The van der Waals surface area contributed by atoms with Gasteiger partial charge in [-0.2, -0.15) is 8.42 Å². The zero-order valence-electron chi connectivity index (χ0n) is 16.6. The molecule has 0 aliphatic rings. The second-order valence-electron chi connectivity index (χ2n) is 7.01. The molecule has 0 N–H and O–H groups in total. The minimum Gasteiger partial charge on any atom is -0.493 e. The van der Waals surface area contributed by atoms with Crippen LogP contribution in [0.4, 0.5) is 0 Å². The van der Waals surface area contributed by atoms with E-state index in [1.165, 1.54) is 7.11 Å². The van der Waals surface area contributed by atoms with Gasteiger partial charge in [0.1, 0.15) is 0 Å². The lowest BCUT2D eigenvalue weighted by Gasteiger charge is -2.25. The van der Waals surface area contributed by atoms with Crippen molar-refractivity contribution in [3.8, 4) is 11.5 Å². The Bertz CT molecular complexity index is 972. The third-order valence-corrected chi connectivity index (χ3v) is 4.74. The van der Waals surface area contributed by atoms with Crippen molar-refractivity contribution < 1.29 is 22.1 Å². The maximum atomic E-state index is 13.1. The molecular formula is C20H23Cl2NO5S. The molecule has 0 saturated carbocycles. The van der Waals surface area contributed by atoms with Crippen LogP contribution in [0, 0.1) is 5.92 Å². The number of hydrogen-bond acceptors (Lipinski definition) is 5. The number of rotatable bonds is 8. The molecule has 158 valence electrons. The summed E-state index contributed by atoms with van der Waals surface area (Å²) in [6.45, 7) is 4.72. The van der Waals surface area contributed by atoms with E-state index in [2.05, 4.69) is 0 Å². The van der Waals surface area contributed by atoms with Crippen LogP contribution < -0.4 is 8.92 Å². The third kappa shape index (κ3) is 7.10. The Balaban J connectivity index is 2.37. The van der Waals surface area contributed by atoms with Gasteiger partial charge in [-0.25, -0.2) is 0 Å². The summed E-state index contributed by atoms with van der Waals surface area (Å²) in [5.74, 6) is 0.320. The van der Waals surface area contributed by atoms with E-state index in [-0.39, 0.29) is 29.9 Å². The van der Waals surface area contributed by atoms with Crippen LogP contribution in [0.3, 0.4) is 0 Å². The molecule has 0 aliphatic carbocycles. The highest BCUT2D eigenvalue weighted by Gasteiger charge is 2.20. The number of benzene rings is 2. The molecule has 0 unspecified atom stereocenters. The summed E-state index contributed by atoms with van der Waals surface area (Å²) in [5.41, 5.74) is 1.07. The fraction of sp³-hybridized carbons (Fsp3) is 0.350. The largest absolute Gasteiger partial charge is 0.493 e. The molecule has 0 bridgehead atoms. The van der Waals surface area contributed by atoms with Gasteiger partial charge in [0.25, 0.3) is 5.91 Å². The first-order chi connectivity index (χ1) is 13.5. The monoisotopic (exact) mass is 459 g/mol. The van der Waals surface area contributed by atoms with Gasteiger partial charge < -0.3 is 13.8 Å². The van der Waals surface area contributed by atoms with Gasteiger partial charge in [0.2, 0.25) is 0 Å². The number of methoxy groups -OCH3 is 1. The van der Waals surface area contributed by atoms with Crippen molar-refractivity contribution in [3.63, 3.8) is 0 Å². The zero-order valence-corrected chi connectivity index (χ0v) is 18.9. The quantitative estimate of drug-likeness (QED) is 0.537. The van der Waals surface area contributed by atoms with Crippen molar-refractivity contribution in [2.75, 3.05) is 19.9 Å². The molecule has 1 amide bonds. The van der Waals surface area contributed by atoms with Crippen LogP contribution in [0.1, 0.15) is 29.8 Å². The van der Waals surface area contributed by atoms with Gasteiger partial charge in [0, 0.05) is 28.7 Å². The molecule has 0 atom stereocenters. The Morgan fingerprint density at radius 2 is 1.69 bits per heavy atom. The lowest BCUT2D eigenvalue weighted by atomic mass is 10.1. The lowest BCUT2D eigenvalue weighted by molar-refractivity contribution is 0.0722. The predicted molar refractivity (Wildman–Crippen MR) is 115 cm³/mol. The number of hydrogen-bond donors (Lipinski definition) is 0. The molecule has 2 aromatic rings. The molecule has 6 nitrogen and oxygen atoms in total. The minimum absolute atomic E-state index is 0.0650. The van der Waals surface area contributed by atoms with E-state index < -0.39 is 10.1 Å². The van der Waals surface area contributed by atoms with Crippen molar-refractivity contribution in [3.05, 3.63) is 57.6 Å². The van der Waals surface area contributed by atoms with Crippen LogP contribution in [0.15, 0.2) is 36.4 Å². The molecule has 2 rings (SSSR count). The van der Waals surface area contributed by atoms with E-state index in [9.17, 15) is 13.2 Å². The van der Waals surface area contributed by atoms with Crippen molar-refractivity contribution in [1.29, 1.82) is 0 Å². The Kier molecular flexibility index (Phi) is 7.80. The Hall–Kier alpha value is -1.96. The molecule has 0 saturated heterocycles. The molecule has 0 spiro atoms. The molecule has 0 radical (unpaired) electrons. The Morgan fingerprint density at radius 1 is 1.07 bits per heavy atom. The molecule has 2 aromatic carbocycles. The summed E-state index contributed by atoms with van der Waals surface area (Å²) in [6, 6.07) is 9.59. The Labute approximate surface area is 181 Å². The highest BCUT2D eigenvalue weighted by atomic mass is 35.5. The SMILES string of the molecule is COc1ccc(CN(CC(C)C)C(=O)c2cc(Cl)cc(Cl)c2)cc1OS(C)(=O)=O. The fourth-order valence-corrected chi connectivity index (χ4v) is 3.77. The van der Waals surface area contributed by atoms with E-state index in [1.54, 1.807) is 41.3 Å². The summed E-state index contributed by atoms with van der Waals surface area (Å²) < 4.78 is 33.2. The predicted octanol–water partition coefficient (Wildman–Crippen LogP) is 4.64. The van der Waals surface area contributed by atoms with Crippen molar-refractivity contribution in [2.24, 2.45) is 5.92 Å². The topological polar surface area (TPSA) is 72.9 Å². The molecule has 0 fully saturated rings. The van der Waals surface area contributed by atoms with Crippen LogP contribution in [0.2, 0.25) is 10.0 Å². The fourth-order valence-electron chi connectivity index (χ4n) is 2.79. The van der Waals surface area contributed by atoms with E-state index in [0.717, 1.165) is 6.26 Å². The summed E-state index contributed by atoms with van der Waals surface area (Å²) in [6.07, 6.45) is 0.955. The molecule has 9 heteroatoms. The molecule has 0 aromatic heterocycles. The maximum Gasteiger partial charge on any atom is 0.306 e. The number of carbonyl (C=O) groups excluding carboxylic acids is 1. The van der Waals surface area contributed by atoms with Crippen molar-refractivity contribution in [1.82, 2.24) is 4.90 Å². The summed E-state index contributed by atoms with van der Waals surface area (Å²) >= 11 is 12.1. The molecule has 0 aliphatic heterocycles. The van der Waals surface area contributed by atoms with Gasteiger partial charge in [-0.15, -0.1) is 0 Å². The second kappa shape index (κ2) is 9.69. The first kappa shape index (κ1) is 23.3. The lowest BCUT2D eigenvalue weighted by Crippen LogP contribution is -2.33. The van der Waals surface area contributed by atoms with Gasteiger partial charge >= 0.3 is 10.1 Å². The van der Waals surface area contributed by atoms with Crippen LogP contribution in [-0.2, 0) is 16.7 Å². The highest BCUT2D eigenvalue weighted by molar-refractivity contribution is 7.86. The van der Waals surface area contributed by atoms with E-state index in [4.69, 9.17) is 32.1 Å². The second-order valence-corrected chi connectivity index (χ2v) is 9.46. The van der Waals surface area contributed by atoms with E-state index in [1.807, 2.05) is 13.8 Å². The first-order valence-corrected chi connectivity index (χ1v) is 11.4. The standard InChI is InChI=1S/C20H23Cl2NO5S/c1-13(2)11-23(20(24)15-8-16(21)10-17(22)9-15)12-14-5-6-18(27-3)19(7-14)28-29(4,25)26/h5-10,13H,11-12H2,1-4H3. The zero-order chi connectivity index (χ0) is 21.8. The van der Waals surface area contributed by atoms with E-state index >= 15 is 0 Å².